The number of piperidine rings is 1. The Kier molecular flexibility index (Phi) is 4.73. The molecule has 0 spiro atoms. The second-order valence-electron chi connectivity index (χ2n) is 6.67. The fraction of sp³-hybridized carbons (Fsp3) is 0.611. The number of hydrogen-bond acceptors (Lipinski definition) is 4. The molecule has 1 saturated heterocycles. The molecule has 0 unspecified atom stereocenters. The molecule has 0 N–H and O–H groups in total. The maximum absolute atomic E-state index is 12.6. The van der Waals surface area contributed by atoms with Gasteiger partial charge >= 0.3 is 0 Å². The van der Waals surface area contributed by atoms with Gasteiger partial charge in [0.2, 0.25) is 5.91 Å². The molecular formula is C18H26N4O2. The molecule has 1 fully saturated rings. The van der Waals surface area contributed by atoms with E-state index in [2.05, 4.69) is 10.3 Å². The highest BCUT2D eigenvalue weighted by Gasteiger charge is 2.32. The van der Waals surface area contributed by atoms with E-state index < -0.39 is 0 Å². The first-order valence-electron chi connectivity index (χ1n) is 8.79. The van der Waals surface area contributed by atoms with Crippen LogP contribution in [-0.2, 0) is 11.8 Å². The zero-order chi connectivity index (χ0) is 17.3. The van der Waals surface area contributed by atoms with Crippen LogP contribution in [0.2, 0.25) is 0 Å². The van der Waals surface area contributed by atoms with E-state index in [0.29, 0.717) is 6.42 Å². The van der Waals surface area contributed by atoms with Crippen molar-refractivity contribution in [2.24, 2.45) is 7.05 Å². The maximum atomic E-state index is 12.6. The van der Waals surface area contributed by atoms with E-state index in [0.717, 1.165) is 60.5 Å². The van der Waals surface area contributed by atoms with Crippen molar-refractivity contribution in [1.82, 2.24) is 19.8 Å². The highest BCUT2D eigenvalue weighted by molar-refractivity contribution is 5.77. The zero-order valence-electron chi connectivity index (χ0n) is 15.0. The van der Waals surface area contributed by atoms with Crippen molar-refractivity contribution in [3.05, 3.63) is 23.1 Å². The van der Waals surface area contributed by atoms with Gasteiger partial charge in [0.25, 0.3) is 0 Å². The third-order valence-corrected chi connectivity index (χ3v) is 4.86. The molecule has 0 aliphatic carbocycles. The maximum Gasteiger partial charge on any atom is 0.223 e. The molecule has 0 radical (unpaired) electrons. The number of amides is 1. The molecule has 1 aliphatic heterocycles. The summed E-state index contributed by atoms with van der Waals surface area (Å²) < 4.78 is 7.37. The summed E-state index contributed by atoms with van der Waals surface area (Å²) in [5.74, 6) is 0.994. The van der Waals surface area contributed by atoms with Crippen LogP contribution in [0.4, 0.5) is 0 Å². The quantitative estimate of drug-likeness (QED) is 0.860. The molecule has 3 rings (SSSR count). The number of likely N-dealkylation sites (tertiary alicyclic amines) is 1. The molecule has 2 aromatic rings. The lowest BCUT2D eigenvalue weighted by molar-refractivity contribution is -0.135. The number of carbonyl (C=O) groups is 1. The van der Waals surface area contributed by atoms with Crippen molar-refractivity contribution >= 4 is 5.91 Å². The normalized spacial score (nSPS) is 18.2. The Bertz CT molecular complexity index is 731. The van der Waals surface area contributed by atoms with Crippen molar-refractivity contribution in [2.75, 3.05) is 6.54 Å². The van der Waals surface area contributed by atoms with E-state index in [1.807, 2.05) is 38.9 Å². The van der Waals surface area contributed by atoms with Crippen LogP contribution < -0.4 is 0 Å². The van der Waals surface area contributed by atoms with Gasteiger partial charge in [-0.3, -0.25) is 9.48 Å². The third-order valence-electron chi connectivity index (χ3n) is 4.86. The van der Waals surface area contributed by atoms with Gasteiger partial charge in [0.15, 0.2) is 5.76 Å². The van der Waals surface area contributed by atoms with E-state index in [1.165, 1.54) is 0 Å². The summed E-state index contributed by atoms with van der Waals surface area (Å²) in [5.41, 5.74) is 3.81. The summed E-state index contributed by atoms with van der Waals surface area (Å²) in [6, 6.07) is 0.0267. The molecule has 0 saturated carbocycles. The number of rotatable bonds is 4. The Morgan fingerprint density at radius 1 is 1.38 bits per heavy atom. The standard InChI is InChI=1S/C18H26N4O2/c1-5-8-16(23)22-10-7-6-9-15(22)17-14(11-21(4)19-17)18-12(2)13(3)20-24-18/h11,15H,5-10H2,1-4H3/t15-/m0/s1. The number of hydrogen-bond donors (Lipinski definition) is 0. The lowest BCUT2D eigenvalue weighted by Crippen LogP contribution is -2.38. The van der Waals surface area contributed by atoms with Crippen LogP contribution in [0.25, 0.3) is 11.3 Å². The van der Waals surface area contributed by atoms with Crippen LogP contribution in [0.3, 0.4) is 0 Å². The molecule has 1 aliphatic rings. The van der Waals surface area contributed by atoms with Crippen molar-refractivity contribution < 1.29 is 9.32 Å². The first kappa shape index (κ1) is 16.7. The van der Waals surface area contributed by atoms with Crippen molar-refractivity contribution in [3.63, 3.8) is 0 Å². The number of carbonyl (C=O) groups excluding carboxylic acids is 1. The van der Waals surface area contributed by atoms with Gasteiger partial charge < -0.3 is 9.42 Å². The van der Waals surface area contributed by atoms with E-state index in [1.54, 1.807) is 4.68 Å². The first-order chi connectivity index (χ1) is 11.5. The molecule has 3 heterocycles. The Hall–Kier alpha value is -2.11. The van der Waals surface area contributed by atoms with Gasteiger partial charge in [-0.05, 0) is 39.5 Å². The monoisotopic (exact) mass is 330 g/mol. The zero-order valence-corrected chi connectivity index (χ0v) is 15.0. The molecule has 130 valence electrons. The molecular weight excluding hydrogens is 304 g/mol. The minimum atomic E-state index is 0.0267. The predicted molar refractivity (Wildman–Crippen MR) is 91.4 cm³/mol. The van der Waals surface area contributed by atoms with Crippen molar-refractivity contribution in [2.45, 2.75) is 58.9 Å². The molecule has 6 heteroatoms. The second kappa shape index (κ2) is 6.79. The summed E-state index contributed by atoms with van der Waals surface area (Å²) in [6.45, 7) is 6.81. The highest BCUT2D eigenvalue weighted by atomic mass is 16.5. The van der Waals surface area contributed by atoms with E-state index in [-0.39, 0.29) is 11.9 Å². The Balaban J connectivity index is 2.01. The molecule has 6 nitrogen and oxygen atoms in total. The van der Waals surface area contributed by atoms with Crippen molar-refractivity contribution in [1.29, 1.82) is 0 Å². The predicted octanol–water partition coefficient (Wildman–Crippen LogP) is 3.55. The van der Waals surface area contributed by atoms with Crippen LogP contribution in [0, 0.1) is 13.8 Å². The Morgan fingerprint density at radius 3 is 2.83 bits per heavy atom. The molecule has 2 aromatic heterocycles. The summed E-state index contributed by atoms with van der Waals surface area (Å²) in [5, 5.41) is 8.77. The van der Waals surface area contributed by atoms with Gasteiger partial charge in [0.1, 0.15) is 0 Å². The van der Waals surface area contributed by atoms with Crippen LogP contribution in [0.15, 0.2) is 10.7 Å². The average molecular weight is 330 g/mol. The smallest absolute Gasteiger partial charge is 0.223 e. The fourth-order valence-electron chi connectivity index (χ4n) is 3.47. The summed E-state index contributed by atoms with van der Waals surface area (Å²) >= 11 is 0. The number of aromatic nitrogens is 3. The van der Waals surface area contributed by atoms with Crippen molar-refractivity contribution in [3.8, 4) is 11.3 Å². The van der Waals surface area contributed by atoms with Crippen LogP contribution in [0.5, 0.6) is 0 Å². The lowest BCUT2D eigenvalue weighted by atomic mass is 9.95. The first-order valence-corrected chi connectivity index (χ1v) is 8.79. The van der Waals surface area contributed by atoms with E-state index in [9.17, 15) is 4.79 Å². The Labute approximate surface area is 142 Å². The van der Waals surface area contributed by atoms with Crippen LogP contribution >= 0.6 is 0 Å². The molecule has 0 bridgehead atoms. The summed E-state index contributed by atoms with van der Waals surface area (Å²) in [4.78, 5) is 14.6. The topological polar surface area (TPSA) is 64.2 Å². The largest absolute Gasteiger partial charge is 0.356 e. The molecule has 0 aromatic carbocycles. The number of nitrogens with zero attached hydrogens (tertiary/aromatic N) is 4. The van der Waals surface area contributed by atoms with E-state index in [4.69, 9.17) is 4.52 Å². The van der Waals surface area contributed by atoms with Gasteiger partial charge in [-0.25, -0.2) is 0 Å². The summed E-state index contributed by atoms with van der Waals surface area (Å²) in [6.07, 6.45) is 6.57. The van der Waals surface area contributed by atoms with E-state index >= 15 is 0 Å². The molecule has 24 heavy (non-hydrogen) atoms. The van der Waals surface area contributed by atoms with Gasteiger partial charge in [-0.1, -0.05) is 12.1 Å². The minimum absolute atomic E-state index is 0.0267. The Morgan fingerprint density at radius 2 is 2.17 bits per heavy atom. The molecule has 1 amide bonds. The van der Waals surface area contributed by atoms with Gasteiger partial charge in [0, 0.05) is 31.8 Å². The lowest BCUT2D eigenvalue weighted by Gasteiger charge is -2.35. The van der Waals surface area contributed by atoms with Crippen LogP contribution in [0.1, 0.15) is 62.0 Å². The average Bonchev–Trinajstić information content (AvgIpc) is 3.11. The third kappa shape index (κ3) is 2.97. The molecule has 1 atom stereocenters. The van der Waals surface area contributed by atoms with Gasteiger partial charge in [0.05, 0.1) is 23.0 Å². The SMILES string of the molecule is CCCC(=O)N1CCCC[C@H]1c1nn(C)cc1-c1onc(C)c1C. The highest BCUT2D eigenvalue weighted by Crippen LogP contribution is 2.37. The number of aryl methyl sites for hydroxylation is 2. The van der Waals surface area contributed by atoms with Gasteiger partial charge in [-0.15, -0.1) is 0 Å². The fourth-order valence-corrected chi connectivity index (χ4v) is 3.47. The van der Waals surface area contributed by atoms with Crippen LogP contribution in [-0.4, -0.2) is 32.3 Å². The van der Waals surface area contributed by atoms with Gasteiger partial charge in [-0.2, -0.15) is 5.10 Å². The minimum Gasteiger partial charge on any atom is -0.356 e. The summed E-state index contributed by atoms with van der Waals surface area (Å²) in [7, 11) is 1.91. The second-order valence-corrected chi connectivity index (χ2v) is 6.67.